The Labute approximate surface area is 244 Å². The minimum atomic E-state index is -4.44. The summed E-state index contributed by atoms with van der Waals surface area (Å²) in [7, 11) is -4.44. The molecular weight excluding hydrogens is 588 g/mol. The van der Waals surface area contributed by atoms with Gasteiger partial charge >= 0.3 is 0 Å². The molecule has 42 heavy (non-hydrogen) atoms. The molecular formula is C27H22ClF2N9O2S. The lowest BCUT2D eigenvalue weighted by atomic mass is 10.0. The number of piperidine rings is 1. The number of halogens is 3. The maximum absolute atomic E-state index is 14.2. The molecule has 0 amide bonds. The first-order valence-electron chi connectivity index (χ1n) is 12.8. The van der Waals surface area contributed by atoms with Crippen LogP contribution in [0.1, 0.15) is 12.8 Å². The van der Waals surface area contributed by atoms with Gasteiger partial charge in [0.15, 0.2) is 11.0 Å². The molecule has 5 heterocycles. The molecule has 1 saturated heterocycles. The largest absolute Gasteiger partial charge is 0.365 e. The van der Waals surface area contributed by atoms with Gasteiger partial charge in [0.05, 0.1) is 23.1 Å². The topological polar surface area (TPSA) is 139 Å². The van der Waals surface area contributed by atoms with Gasteiger partial charge in [-0.1, -0.05) is 11.6 Å². The third-order valence-electron chi connectivity index (χ3n) is 6.75. The van der Waals surface area contributed by atoms with Crippen molar-refractivity contribution < 1.29 is 17.2 Å². The highest BCUT2D eigenvalue weighted by atomic mass is 35.5. The minimum absolute atomic E-state index is 0.0997. The van der Waals surface area contributed by atoms with E-state index in [-0.39, 0.29) is 16.9 Å². The van der Waals surface area contributed by atoms with Gasteiger partial charge in [0.1, 0.15) is 34.2 Å². The van der Waals surface area contributed by atoms with Gasteiger partial charge in [-0.15, -0.1) is 0 Å². The summed E-state index contributed by atoms with van der Waals surface area (Å²) in [5.41, 5.74) is 1.93. The highest BCUT2D eigenvalue weighted by Gasteiger charge is 2.23. The lowest BCUT2D eigenvalue weighted by Gasteiger charge is -2.33. The van der Waals surface area contributed by atoms with Gasteiger partial charge in [0.25, 0.3) is 10.0 Å². The molecule has 11 nitrogen and oxygen atoms in total. The summed E-state index contributed by atoms with van der Waals surface area (Å²) >= 11 is 6.17. The second-order valence-corrected chi connectivity index (χ2v) is 11.5. The number of hydrogen-bond donors (Lipinski definition) is 2. The van der Waals surface area contributed by atoms with Gasteiger partial charge in [-0.05, 0) is 43.2 Å². The fourth-order valence-corrected chi connectivity index (χ4v) is 5.98. The van der Waals surface area contributed by atoms with E-state index in [1.165, 1.54) is 18.6 Å². The van der Waals surface area contributed by atoms with E-state index in [0.29, 0.717) is 34.2 Å². The molecule has 0 aliphatic carbocycles. The van der Waals surface area contributed by atoms with Crippen LogP contribution < -0.4 is 14.9 Å². The molecule has 1 aliphatic rings. The van der Waals surface area contributed by atoms with Crippen LogP contribution >= 0.6 is 11.6 Å². The summed E-state index contributed by atoms with van der Waals surface area (Å²) in [4.78, 5) is 27.5. The van der Waals surface area contributed by atoms with Gasteiger partial charge in [-0.25, -0.2) is 42.1 Å². The molecule has 0 saturated carbocycles. The molecule has 6 rings (SSSR count). The lowest BCUT2D eigenvalue weighted by molar-refractivity contribution is 0.522. The van der Waals surface area contributed by atoms with E-state index in [2.05, 4.69) is 39.9 Å². The molecule has 4 aromatic heterocycles. The molecule has 0 bridgehead atoms. The number of pyridine rings is 2. The van der Waals surface area contributed by atoms with Crippen LogP contribution in [0.2, 0.25) is 5.15 Å². The van der Waals surface area contributed by atoms with Gasteiger partial charge in [-0.2, -0.15) is 0 Å². The number of anilines is 3. The fraction of sp³-hybridized carbons (Fsp3) is 0.185. The van der Waals surface area contributed by atoms with Crippen molar-refractivity contribution in [1.29, 1.82) is 0 Å². The van der Waals surface area contributed by atoms with Crippen molar-refractivity contribution in [3.63, 3.8) is 0 Å². The Morgan fingerprint density at radius 3 is 2.55 bits per heavy atom. The fourth-order valence-electron chi connectivity index (χ4n) is 4.66. The molecule has 1 aliphatic heterocycles. The van der Waals surface area contributed by atoms with Crippen LogP contribution in [0.25, 0.3) is 22.3 Å². The molecule has 0 unspecified atom stereocenters. The zero-order valence-electron chi connectivity index (χ0n) is 21.7. The molecule has 214 valence electrons. The SMILES string of the molecule is O=S(=O)(Nc1cc(-c2ccc3ncnc(NC4CCN(c5cnccn5)CC4)c3n2)cnc1Cl)c1ccc(F)cc1F. The van der Waals surface area contributed by atoms with Crippen LogP contribution in [0.3, 0.4) is 0 Å². The summed E-state index contributed by atoms with van der Waals surface area (Å²) < 4.78 is 55.4. The summed E-state index contributed by atoms with van der Waals surface area (Å²) in [6.07, 6.45) is 9.67. The first kappa shape index (κ1) is 27.6. The average Bonchev–Trinajstić information content (AvgIpc) is 2.99. The Hall–Kier alpha value is -4.56. The number of fused-ring (bicyclic) bond motifs is 1. The highest BCUT2D eigenvalue weighted by molar-refractivity contribution is 7.92. The van der Waals surface area contributed by atoms with Crippen molar-refractivity contribution in [1.82, 2.24) is 29.9 Å². The standard InChI is InChI=1S/C27H22ClF2N9O2S/c28-26-22(38-42(40,41)23-4-1-17(29)12-19(23)30)11-16(13-33-26)20-2-3-21-25(37-20)27(35-15-34-21)36-18-5-9-39(10-6-18)24-14-31-7-8-32-24/h1-4,7-8,11-15,18,38H,5-6,9-10H2,(H,34,35,36). The first-order chi connectivity index (χ1) is 20.3. The Bertz CT molecular complexity index is 1880. The van der Waals surface area contributed by atoms with Gasteiger partial charge in [-0.3, -0.25) is 9.71 Å². The van der Waals surface area contributed by atoms with Gasteiger partial charge in [0.2, 0.25) is 0 Å². The number of nitrogens with one attached hydrogen (secondary N) is 2. The molecule has 15 heteroatoms. The second kappa shape index (κ2) is 11.4. The van der Waals surface area contributed by atoms with Crippen molar-refractivity contribution in [2.24, 2.45) is 0 Å². The molecule has 2 N–H and O–H groups in total. The normalized spacial score (nSPS) is 14.2. The van der Waals surface area contributed by atoms with E-state index >= 15 is 0 Å². The Kier molecular flexibility index (Phi) is 7.47. The van der Waals surface area contributed by atoms with E-state index in [1.54, 1.807) is 30.7 Å². The van der Waals surface area contributed by atoms with Crippen molar-refractivity contribution in [2.45, 2.75) is 23.8 Å². The van der Waals surface area contributed by atoms with Crippen molar-refractivity contribution in [3.8, 4) is 11.3 Å². The highest BCUT2D eigenvalue weighted by Crippen LogP contribution is 2.30. The zero-order valence-corrected chi connectivity index (χ0v) is 23.3. The van der Waals surface area contributed by atoms with Crippen LogP contribution in [-0.2, 0) is 10.0 Å². The summed E-state index contributed by atoms with van der Waals surface area (Å²) in [6.45, 7) is 1.60. The zero-order chi connectivity index (χ0) is 29.3. The number of rotatable bonds is 7. The minimum Gasteiger partial charge on any atom is -0.365 e. The van der Waals surface area contributed by atoms with Crippen LogP contribution in [-0.4, -0.2) is 57.5 Å². The van der Waals surface area contributed by atoms with E-state index < -0.39 is 26.6 Å². The van der Waals surface area contributed by atoms with Crippen LogP contribution in [0.15, 0.2) is 72.4 Å². The van der Waals surface area contributed by atoms with Crippen molar-refractivity contribution in [2.75, 3.05) is 28.0 Å². The summed E-state index contributed by atoms with van der Waals surface area (Å²) in [5.74, 6) is -0.732. The van der Waals surface area contributed by atoms with E-state index in [0.717, 1.165) is 43.9 Å². The first-order valence-corrected chi connectivity index (χ1v) is 14.7. The number of aromatic nitrogens is 6. The van der Waals surface area contributed by atoms with E-state index in [1.807, 2.05) is 0 Å². The maximum atomic E-state index is 14.2. The quantitative estimate of drug-likeness (QED) is 0.250. The monoisotopic (exact) mass is 609 g/mol. The molecule has 5 aromatic rings. The average molecular weight is 610 g/mol. The molecule has 0 spiro atoms. The summed E-state index contributed by atoms with van der Waals surface area (Å²) in [6, 6.07) is 7.22. The lowest BCUT2D eigenvalue weighted by Crippen LogP contribution is -2.39. The third-order valence-corrected chi connectivity index (χ3v) is 8.45. The van der Waals surface area contributed by atoms with Crippen molar-refractivity contribution in [3.05, 3.63) is 84.3 Å². The Morgan fingerprint density at radius 1 is 0.952 bits per heavy atom. The number of nitrogens with zero attached hydrogens (tertiary/aromatic N) is 7. The molecule has 0 radical (unpaired) electrons. The molecule has 1 aromatic carbocycles. The summed E-state index contributed by atoms with van der Waals surface area (Å²) in [5, 5.41) is 3.32. The van der Waals surface area contributed by atoms with Gasteiger partial charge < -0.3 is 10.2 Å². The van der Waals surface area contributed by atoms with E-state index in [4.69, 9.17) is 16.6 Å². The predicted octanol–water partition coefficient (Wildman–Crippen LogP) is 4.69. The second-order valence-electron chi connectivity index (χ2n) is 9.50. The predicted molar refractivity (Wildman–Crippen MR) is 154 cm³/mol. The number of benzene rings is 1. The van der Waals surface area contributed by atoms with Crippen LogP contribution in [0, 0.1) is 11.6 Å². The van der Waals surface area contributed by atoms with Crippen LogP contribution in [0.5, 0.6) is 0 Å². The van der Waals surface area contributed by atoms with E-state index in [9.17, 15) is 17.2 Å². The third kappa shape index (κ3) is 5.76. The van der Waals surface area contributed by atoms with Crippen molar-refractivity contribution >= 4 is 50.0 Å². The Balaban J connectivity index is 1.24. The number of sulfonamides is 1. The van der Waals surface area contributed by atoms with Gasteiger partial charge in [0, 0.05) is 49.4 Å². The maximum Gasteiger partial charge on any atom is 0.264 e. The number of hydrogen-bond acceptors (Lipinski definition) is 10. The van der Waals surface area contributed by atoms with Crippen LogP contribution in [0.4, 0.5) is 26.1 Å². The molecule has 1 fully saturated rings. The molecule has 0 atom stereocenters. The Morgan fingerprint density at radius 2 is 1.79 bits per heavy atom. The smallest absolute Gasteiger partial charge is 0.264 e.